The minimum Gasteiger partial charge on any atom is -0.462 e. The van der Waals surface area contributed by atoms with Crippen LogP contribution in [0.3, 0.4) is 0 Å². The number of nitrogens with zero attached hydrogens (tertiary/aromatic N) is 5. The molecule has 1 amide bonds. The minimum atomic E-state index is -5.44. The predicted octanol–water partition coefficient (Wildman–Crippen LogP) is 2.43. The number of benzene rings is 4. The fourth-order valence-electron chi connectivity index (χ4n) is 7.27. The van der Waals surface area contributed by atoms with E-state index in [1.165, 1.54) is 23.0 Å². The third kappa shape index (κ3) is 9.34. The van der Waals surface area contributed by atoms with Crippen LogP contribution in [0.2, 0.25) is 0 Å². The molecule has 0 spiro atoms. The fraction of sp³-hybridized carbons (Fsp3) is 0.282. The molecule has 2 aromatic heterocycles. The molecule has 5 aromatic rings. The highest BCUT2D eigenvalue weighted by molar-refractivity contribution is 7.61. The maximum Gasteiger partial charge on any atom is 0.481 e. The van der Waals surface area contributed by atoms with Crippen LogP contribution in [0, 0.1) is 5.41 Å². The molecule has 1 aliphatic carbocycles. The second-order valence-corrected chi connectivity index (χ2v) is 18.0. The highest BCUT2D eigenvalue weighted by Crippen LogP contribution is 2.61. The smallest absolute Gasteiger partial charge is 0.462 e. The molecule has 0 bridgehead atoms. The van der Waals surface area contributed by atoms with Gasteiger partial charge in [-0.3, -0.25) is 18.9 Å². The van der Waals surface area contributed by atoms with Gasteiger partial charge in [-0.1, -0.05) is 36.4 Å². The third-order valence-corrected chi connectivity index (χ3v) is 13.1. The standard InChI is InChI=1S/C39H38N8O17P2/c40-19-7-10-23-25(11-19)61-26-12-24(21-3-1-2-4-22(21)29(26)45-23)46-39(52)57-13-18-5-8-20(9-6-18)60-38-34(51)32(49)28(63-38)15-59-66(55,56)64-65(53,54)58-14-27-31(48)33(50)37(62-27)47-17-44-30-35(41)42-16-43-36(30)47/h1-12,16-17,27-28,31-34,37-38,40,48-51H,13-15H2,(H,46,52)(H,53,54)(H,55,56)(H2,41,42,43)/t27?,28-,31-,32?,33-,34?,37?,38?/m1/s1. The second-order valence-electron chi connectivity index (χ2n) is 14.9. The van der Waals surface area contributed by atoms with Crippen LogP contribution < -0.4 is 21.1 Å². The van der Waals surface area contributed by atoms with Crippen molar-refractivity contribution in [3.8, 4) is 17.2 Å². The van der Waals surface area contributed by atoms with Gasteiger partial charge in [0.2, 0.25) is 6.29 Å². The summed E-state index contributed by atoms with van der Waals surface area (Å²) in [6.07, 6.45) is -10.9. The van der Waals surface area contributed by atoms with Gasteiger partial charge in [0.25, 0.3) is 0 Å². The molecule has 2 fully saturated rings. The fourth-order valence-corrected chi connectivity index (χ4v) is 9.36. The molecule has 25 nitrogen and oxygen atoms in total. The van der Waals surface area contributed by atoms with Crippen LogP contribution in [-0.2, 0) is 43.3 Å². The van der Waals surface area contributed by atoms with Gasteiger partial charge in [0, 0.05) is 22.9 Å². The molecule has 3 aliphatic heterocycles. The Bertz CT molecular complexity index is 3070. The van der Waals surface area contributed by atoms with E-state index in [0.29, 0.717) is 39.2 Å². The lowest BCUT2D eigenvalue weighted by molar-refractivity contribution is -0.115. The maximum atomic E-state index is 13.0. The summed E-state index contributed by atoms with van der Waals surface area (Å²) in [5.41, 5.74) is 8.62. The Morgan fingerprint density at radius 3 is 2.27 bits per heavy atom. The monoisotopic (exact) mass is 952 g/mol. The van der Waals surface area contributed by atoms with Crippen LogP contribution >= 0.6 is 15.6 Å². The number of nitrogens with one attached hydrogen (secondary N) is 2. The van der Waals surface area contributed by atoms with Crippen molar-refractivity contribution >= 4 is 66.3 Å². The third-order valence-electron chi connectivity index (χ3n) is 10.5. The molecule has 0 saturated carbocycles. The number of amides is 1. The molecule has 346 valence electrons. The van der Waals surface area contributed by atoms with Gasteiger partial charge in [0.15, 0.2) is 29.0 Å². The highest BCUT2D eigenvalue weighted by atomic mass is 31.3. The molecule has 66 heavy (non-hydrogen) atoms. The van der Waals surface area contributed by atoms with Crippen molar-refractivity contribution in [3.63, 3.8) is 0 Å². The first kappa shape index (κ1) is 45.1. The van der Waals surface area contributed by atoms with E-state index in [2.05, 4.69) is 24.6 Å². The summed E-state index contributed by atoms with van der Waals surface area (Å²) in [6.45, 7) is -2.02. The lowest BCUT2D eigenvalue weighted by Gasteiger charge is -2.20. The number of rotatable bonds is 14. The van der Waals surface area contributed by atoms with E-state index < -0.39 is 84.1 Å². The van der Waals surface area contributed by atoms with E-state index in [1.807, 2.05) is 24.3 Å². The Kier molecular flexibility index (Phi) is 12.3. The van der Waals surface area contributed by atoms with E-state index >= 15 is 0 Å². The van der Waals surface area contributed by atoms with Crippen molar-refractivity contribution < 1.29 is 80.9 Å². The molecular formula is C39H38N8O17P2. The molecule has 7 unspecified atom stereocenters. The van der Waals surface area contributed by atoms with Gasteiger partial charge in [-0.2, -0.15) is 4.31 Å². The number of carbonyl (C=O) groups excluding carboxylic acids is 1. The van der Waals surface area contributed by atoms with Gasteiger partial charge in [0.1, 0.15) is 72.0 Å². The number of aliphatic hydroxyl groups is 4. The molecule has 27 heteroatoms. The van der Waals surface area contributed by atoms with Gasteiger partial charge in [-0.05, 0) is 29.8 Å². The zero-order valence-electron chi connectivity index (χ0n) is 33.7. The number of aromatic nitrogens is 5. The highest BCUT2D eigenvalue weighted by Gasteiger charge is 2.48. The summed E-state index contributed by atoms with van der Waals surface area (Å²) in [5, 5.41) is 54.6. The predicted molar refractivity (Wildman–Crippen MR) is 224 cm³/mol. The van der Waals surface area contributed by atoms with Crippen molar-refractivity contribution in [2.45, 2.75) is 55.7 Å². The minimum absolute atomic E-state index is 0.0409. The van der Waals surface area contributed by atoms with Crippen molar-refractivity contribution in [2.24, 2.45) is 0 Å². The van der Waals surface area contributed by atoms with Gasteiger partial charge in [-0.15, -0.1) is 0 Å². The normalized spacial score (nSPS) is 25.0. The Labute approximate surface area is 369 Å². The van der Waals surface area contributed by atoms with Crippen molar-refractivity contribution in [2.75, 3.05) is 24.3 Å². The molecule has 3 aromatic carbocycles. The number of nitrogen functional groups attached to an aromatic ring is 1. The zero-order chi connectivity index (χ0) is 46.5. The van der Waals surface area contributed by atoms with Crippen molar-refractivity contribution in [1.82, 2.24) is 24.5 Å². The summed E-state index contributed by atoms with van der Waals surface area (Å²) in [7, 11) is -10.9. The SMILES string of the molecule is N=c1ccc2nc3c(cc(NC(=O)OCc4ccc(OC5O[C@H](COP(=O)(O)OP(=O)(O)OCC6OC(n7cnc8c(N)ncnc87)[C@H](O)[C@@H]6O)C(O)C5O)cc4)c4ccccc43)oc-2c1. The largest absolute Gasteiger partial charge is 0.481 e. The number of aliphatic hydroxyl groups excluding tert-OH is 4. The first-order chi connectivity index (χ1) is 31.5. The summed E-state index contributed by atoms with van der Waals surface area (Å²) in [4.78, 5) is 50.0. The number of fused-ring (bicyclic) bond motifs is 5. The van der Waals surface area contributed by atoms with Crippen LogP contribution in [0.15, 0.2) is 89.9 Å². The molecular weight excluding hydrogens is 914 g/mol. The van der Waals surface area contributed by atoms with E-state index in [4.69, 9.17) is 48.5 Å². The van der Waals surface area contributed by atoms with Crippen LogP contribution in [-0.4, -0.2) is 117 Å². The molecule has 10 N–H and O–H groups in total. The number of hydrogen-bond donors (Lipinski definition) is 9. The van der Waals surface area contributed by atoms with Crippen LogP contribution in [0.5, 0.6) is 5.75 Å². The number of anilines is 2. The van der Waals surface area contributed by atoms with Gasteiger partial charge < -0.3 is 64.7 Å². The summed E-state index contributed by atoms with van der Waals surface area (Å²) in [5.74, 6) is 0.598. The molecule has 4 aliphatic rings. The van der Waals surface area contributed by atoms with E-state index in [0.717, 1.165) is 11.7 Å². The zero-order valence-corrected chi connectivity index (χ0v) is 35.5. The Hall–Kier alpha value is -6.02. The Balaban J connectivity index is 0.746. The Morgan fingerprint density at radius 1 is 0.833 bits per heavy atom. The molecule has 10 atom stereocenters. The van der Waals surface area contributed by atoms with Crippen LogP contribution in [0.25, 0.3) is 44.5 Å². The first-order valence-corrected chi connectivity index (χ1v) is 22.6. The topological polar surface area (TPSA) is 369 Å². The summed E-state index contributed by atoms with van der Waals surface area (Å²) < 4.78 is 68.7. The molecule has 0 radical (unpaired) electrons. The lowest BCUT2D eigenvalue weighted by atomic mass is 10.1. The first-order valence-electron chi connectivity index (χ1n) is 19.6. The maximum absolute atomic E-state index is 13.0. The number of hydrogen-bond acceptors (Lipinski definition) is 21. The number of carbonyl (C=O) groups is 1. The van der Waals surface area contributed by atoms with Crippen molar-refractivity contribution in [3.05, 3.63) is 96.4 Å². The lowest BCUT2D eigenvalue weighted by Crippen LogP contribution is -2.35. The average molecular weight is 953 g/mol. The summed E-state index contributed by atoms with van der Waals surface area (Å²) >= 11 is 0. The molecule has 5 heterocycles. The van der Waals surface area contributed by atoms with Crippen LogP contribution in [0.4, 0.5) is 16.3 Å². The number of ether oxygens (including phenoxy) is 4. The van der Waals surface area contributed by atoms with Gasteiger partial charge in [0.05, 0.1) is 30.6 Å². The van der Waals surface area contributed by atoms with Gasteiger partial charge >= 0.3 is 21.7 Å². The number of phosphoric acid groups is 2. The molecule has 2 saturated heterocycles. The quantitative estimate of drug-likeness (QED) is 0.0429. The second kappa shape index (κ2) is 18.0. The van der Waals surface area contributed by atoms with E-state index in [1.54, 1.807) is 36.4 Å². The Morgan fingerprint density at radius 2 is 1.53 bits per heavy atom. The number of phosphoric ester groups is 2. The number of nitrogens with two attached hydrogens (primary N) is 1. The molecule has 9 rings (SSSR count). The van der Waals surface area contributed by atoms with E-state index in [-0.39, 0.29) is 34.7 Å². The van der Waals surface area contributed by atoms with Crippen molar-refractivity contribution in [1.29, 1.82) is 5.41 Å². The average Bonchev–Trinajstić information content (AvgIpc) is 3.93. The summed E-state index contributed by atoms with van der Waals surface area (Å²) in [6, 6.07) is 19.9. The number of imidazole rings is 1. The van der Waals surface area contributed by atoms with Gasteiger partial charge in [-0.25, -0.2) is 33.9 Å². The van der Waals surface area contributed by atoms with E-state index in [9.17, 15) is 44.1 Å². The van der Waals surface area contributed by atoms with Crippen LogP contribution in [0.1, 0.15) is 11.8 Å².